The van der Waals surface area contributed by atoms with Crippen molar-refractivity contribution in [3.63, 3.8) is 0 Å². The van der Waals surface area contributed by atoms with Gasteiger partial charge in [-0.3, -0.25) is 0 Å². The summed E-state index contributed by atoms with van der Waals surface area (Å²) in [6.07, 6.45) is 3.84. The van der Waals surface area contributed by atoms with Gasteiger partial charge in [0.1, 0.15) is 5.82 Å². The lowest BCUT2D eigenvalue weighted by atomic mass is 10.1. The van der Waals surface area contributed by atoms with Gasteiger partial charge in [0.25, 0.3) is 0 Å². The summed E-state index contributed by atoms with van der Waals surface area (Å²) in [6, 6.07) is 0. The largest absolute Gasteiger partial charge is 0.356 e. The van der Waals surface area contributed by atoms with Crippen molar-refractivity contribution in [2.45, 2.75) is 32.4 Å². The molecule has 0 unspecified atom stereocenters. The van der Waals surface area contributed by atoms with E-state index in [4.69, 9.17) is 11.6 Å². The smallest absolute Gasteiger partial charge is 0.224 e. The summed E-state index contributed by atoms with van der Waals surface area (Å²) in [5.74, 6) is 1.06. The van der Waals surface area contributed by atoms with E-state index in [2.05, 4.69) is 20.2 Å². The lowest BCUT2D eigenvalue weighted by Gasteiger charge is -2.29. The molecular weight excluding hydrogens is 224 g/mol. The molecule has 1 N–H and O–H groups in total. The van der Waals surface area contributed by atoms with E-state index >= 15 is 0 Å². The van der Waals surface area contributed by atoms with Crippen LogP contribution in [0.1, 0.15) is 30.5 Å². The van der Waals surface area contributed by atoms with Crippen LogP contribution in [0.4, 0.5) is 5.82 Å². The Labute approximate surface area is 100 Å². The molecule has 0 amide bonds. The highest BCUT2D eigenvalue weighted by Gasteiger charge is 2.23. The van der Waals surface area contributed by atoms with Crippen LogP contribution in [0, 0.1) is 0 Å². The van der Waals surface area contributed by atoms with E-state index in [1.807, 2.05) is 0 Å². The third-order valence-corrected chi connectivity index (χ3v) is 3.46. The number of anilines is 1. The normalized spacial score (nSPS) is 19.9. The highest BCUT2D eigenvalue weighted by molar-refractivity contribution is 6.28. The first kappa shape index (κ1) is 10.3. The molecule has 2 aliphatic rings. The van der Waals surface area contributed by atoms with E-state index in [-0.39, 0.29) is 0 Å². The molecule has 0 aliphatic carbocycles. The molecule has 0 bridgehead atoms. The van der Waals surface area contributed by atoms with Gasteiger partial charge in [-0.1, -0.05) is 0 Å². The van der Waals surface area contributed by atoms with Gasteiger partial charge in [-0.15, -0.1) is 0 Å². The minimum absolute atomic E-state index is 0.378. The molecule has 0 radical (unpaired) electrons. The van der Waals surface area contributed by atoms with Crippen LogP contribution in [0.3, 0.4) is 0 Å². The second-order valence-corrected chi connectivity index (χ2v) is 4.73. The molecule has 3 rings (SSSR count). The molecule has 1 saturated heterocycles. The molecule has 1 aromatic rings. The average Bonchev–Trinajstić information content (AvgIpc) is 2.77. The molecule has 0 aromatic carbocycles. The molecule has 4 nitrogen and oxygen atoms in total. The third-order valence-electron chi connectivity index (χ3n) is 3.29. The summed E-state index contributed by atoms with van der Waals surface area (Å²) in [7, 11) is 0. The van der Waals surface area contributed by atoms with Crippen LogP contribution in [0.5, 0.6) is 0 Å². The van der Waals surface area contributed by atoms with E-state index < -0.39 is 0 Å². The number of rotatable bonds is 1. The predicted molar refractivity (Wildman–Crippen MR) is 63.6 cm³/mol. The molecule has 5 heteroatoms. The first-order chi connectivity index (χ1) is 7.84. The average molecular weight is 239 g/mol. The van der Waals surface area contributed by atoms with Crippen molar-refractivity contribution < 1.29 is 0 Å². The summed E-state index contributed by atoms with van der Waals surface area (Å²) in [6.45, 7) is 3.89. The first-order valence-corrected chi connectivity index (χ1v) is 6.23. The van der Waals surface area contributed by atoms with Crippen LogP contribution in [0.15, 0.2) is 0 Å². The molecule has 0 saturated carbocycles. The Bertz CT molecular complexity index is 401. The number of piperidine rings is 1. The fourth-order valence-electron chi connectivity index (χ4n) is 2.49. The van der Waals surface area contributed by atoms with Crippen molar-refractivity contribution in [3.05, 3.63) is 16.5 Å². The zero-order valence-corrected chi connectivity index (χ0v) is 9.93. The van der Waals surface area contributed by atoms with Crippen LogP contribution < -0.4 is 10.2 Å². The van der Waals surface area contributed by atoms with Gasteiger partial charge in [0.05, 0.1) is 5.69 Å². The van der Waals surface area contributed by atoms with Gasteiger partial charge in [0.15, 0.2) is 0 Å². The van der Waals surface area contributed by atoms with Gasteiger partial charge < -0.3 is 10.2 Å². The van der Waals surface area contributed by atoms with E-state index in [0.717, 1.165) is 37.7 Å². The number of hydrogen-bond acceptors (Lipinski definition) is 4. The van der Waals surface area contributed by atoms with Crippen molar-refractivity contribution in [2.75, 3.05) is 18.0 Å². The van der Waals surface area contributed by atoms with Crippen molar-refractivity contribution in [1.29, 1.82) is 0 Å². The van der Waals surface area contributed by atoms with Crippen molar-refractivity contribution in [3.8, 4) is 0 Å². The zero-order chi connectivity index (χ0) is 11.0. The van der Waals surface area contributed by atoms with Gasteiger partial charge in [0, 0.05) is 31.7 Å². The SMILES string of the molecule is Clc1nc2c(c(N3CCCCC3)n1)CNC2. The monoisotopic (exact) mass is 238 g/mol. The molecule has 0 spiro atoms. The van der Waals surface area contributed by atoms with Gasteiger partial charge in [-0.25, -0.2) is 9.97 Å². The van der Waals surface area contributed by atoms with E-state index in [0.29, 0.717) is 5.28 Å². The standard InChI is InChI=1S/C11H15ClN4/c12-11-14-9-7-13-6-8(9)10(15-11)16-4-2-1-3-5-16/h13H,1-7H2. The molecule has 1 aromatic heterocycles. The minimum Gasteiger partial charge on any atom is -0.356 e. The van der Waals surface area contributed by atoms with Gasteiger partial charge in [-0.2, -0.15) is 0 Å². The molecule has 0 atom stereocenters. The Balaban J connectivity index is 1.99. The number of aromatic nitrogens is 2. The van der Waals surface area contributed by atoms with Crippen LogP contribution >= 0.6 is 11.6 Å². The second-order valence-electron chi connectivity index (χ2n) is 4.39. The Morgan fingerprint density at radius 1 is 1.06 bits per heavy atom. The topological polar surface area (TPSA) is 41.1 Å². The Hall–Kier alpha value is -0.870. The molecule has 2 aliphatic heterocycles. The number of fused-ring (bicyclic) bond motifs is 1. The van der Waals surface area contributed by atoms with E-state index in [9.17, 15) is 0 Å². The Kier molecular flexibility index (Phi) is 2.69. The van der Waals surface area contributed by atoms with Gasteiger partial charge in [0.2, 0.25) is 5.28 Å². The fraction of sp³-hybridized carbons (Fsp3) is 0.636. The lowest BCUT2D eigenvalue weighted by molar-refractivity contribution is 0.571. The van der Waals surface area contributed by atoms with Crippen molar-refractivity contribution >= 4 is 17.4 Å². The van der Waals surface area contributed by atoms with Crippen LogP contribution in [0.2, 0.25) is 5.28 Å². The summed E-state index contributed by atoms with van der Waals surface area (Å²) in [4.78, 5) is 11.0. The molecule has 16 heavy (non-hydrogen) atoms. The van der Waals surface area contributed by atoms with Gasteiger partial charge >= 0.3 is 0 Å². The summed E-state index contributed by atoms with van der Waals surface area (Å²) >= 11 is 5.97. The van der Waals surface area contributed by atoms with E-state index in [1.54, 1.807) is 0 Å². The number of halogens is 1. The van der Waals surface area contributed by atoms with Crippen LogP contribution in [0.25, 0.3) is 0 Å². The zero-order valence-electron chi connectivity index (χ0n) is 9.17. The second kappa shape index (κ2) is 4.18. The molecule has 3 heterocycles. The highest BCUT2D eigenvalue weighted by atomic mass is 35.5. The van der Waals surface area contributed by atoms with E-state index in [1.165, 1.54) is 24.8 Å². The summed E-state index contributed by atoms with van der Waals surface area (Å²) < 4.78 is 0. The molecular formula is C11H15ClN4. The molecule has 1 fully saturated rings. The minimum atomic E-state index is 0.378. The van der Waals surface area contributed by atoms with Crippen molar-refractivity contribution in [2.24, 2.45) is 0 Å². The Morgan fingerprint density at radius 2 is 1.88 bits per heavy atom. The quantitative estimate of drug-likeness (QED) is 0.757. The summed E-state index contributed by atoms with van der Waals surface area (Å²) in [5.41, 5.74) is 2.31. The van der Waals surface area contributed by atoms with Crippen LogP contribution in [-0.4, -0.2) is 23.1 Å². The van der Waals surface area contributed by atoms with Gasteiger partial charge in [-0.05, 0) is 30.9 Å². The number of hydrogen-bond donors (Lipinski definition) is 1. The molecule has 86 valence electrons. The maximum Gasteiger partial charge on any atom is 0.224 e. The lowest BCUT2D eigenvalue weighted by Crippen LogP contribution is -2.31. The van der Waals surface area contributed by atoms with Crippen molar-refractivity contribution in [1.82, 2.24) is 15.3 Å². The highest BCUT2D eigenvalue weighted by Crippen LogP contribution is 2.27. The first-order valence-electron chi connectivity index (χ1n) is 5.85. The summed E-state index contributed by atoms with van der Waals surface area (Å²) in [5, 5.41) is 3.68. The number of nitrogens with one attached hydrogen (secondary N) is 1. The predicted octanol–water partition coefficient (Wildman–Crippen LogP) is 1.72. The fourth-order valence-corrected chi connectivity index (χ4v) is 2.67. The maximum atomic E-state index is 5.97. The third kappa shape index (κ3) is 1.76. The maximum absolute atomic E-state index is 5.97. The van der Waals surface area contributed by atoms with Crippen LogP contribution in [-0.2, 0) is 13.1 Å². The Morgan fingerprint density at radius 3 is 2.69 bits per heavy atom. The number of nitrogens with zero attached hydrogens (tertiary/aromatic N) is 3.